The van der Waals surface area contributed by atoms with Gasteiger partial charge in [0.15, 0.2) is 0 Å². The molecule has 1 aromatic heterocycles. The number of benzene rings is 10. The van der Waals surface area contributed by atoms with Crippen molar-refractivity contribution < 1.29 is 4.42 Å². The molecule has 13 rings (SSSR count). The monoisotopic (exact) mass is 845 g/mol. The molecule has 0 spiro atoms. The van der Waals surface area contributed by atoms with Gasteiger partial charge in [-0.2, -0.15) is 0 Å². The van der Waals surface area contributed by atoms with Gasteiger partial charge in [-0.25, -0.2) is 0 Å². The lowest BCUT2D eigenvalue weighted by atomic mass is 9.77. The minimum atomic E-state index is -0.155. The van der Waals surface area contributed by atoms with Gasteiger partial charge in [0.2, 0.25) is 0 Å². The van der Waals surface area contributed by atoms with Crippen molar-refractivity contribution in [1.29, 1.82) is 0 Å². The Hall–Kier alpha value is -7.94. The molecular weight excluding hydrogens is 799 g/mol. The maximum absolute atomic E-state index is 6.50. The Morgan fingerprint density at radius 2 is 0.864 bits per heavy atom. The summed E-state index contributed by atoms with van der Waals surface area (Å²) in [5.41, 5.74) is 22.8. The Morgan fingerprint density at radius 3 is 1.61 bits per heavy atom. The Balaban J connectivity index is 0.992. The second-order valence-corrected chi connectivity index (χ2v) is 19.2. The Labute approximate surface area is 386 Å². The van der Waals surface area contributed by atoms with Gasteiger partial charge in [0.05, 0.1) is 0 Å². The standard InChI is InChI=1S/C64H47NO/c1-63(2)54-26-13-10-19-47(54)48-38-37-45(39-56(48)63)65(43-33-29-40(30-34-43)46-24-16-25-52-49-20-12-15-28-57(49)66-62(46)52)44-35-31-42(32-36-44)58-50-21-8-9-22-51(50)61-60(59(58)41-17-6-5-7-18-41)53-23-11-14-27-55(53)64(61,3)4/h5-39H,1-4H3. The number of hydrogen-bond donors (Lipinski definition) is 0. The summed E-state index contributed by atoms with van der Waals surface area (Å²) in [5.74, 6) is 0. The van der Waals surface area contributed by atoms with Crippen molar-refractivity contribution in [3.05, 3.63) is 235 Å². The summed E-state index contributed by atoms with van der Waals surface area (Å²) in [6, 6.07) is 78.2. The molecule has 0 amide bonds. The largest absolute Gasteiger partial charge is 0.455 e. The van der Waals surface area contributed by atoms with E-state index in [2.05, 4.69) is 239 Å². The van der Waals surface area contributed by atoms with Crippen LogP contribution < -0.4 is 4.90 Å². The normalized spacial score (nSPS) is 14.0. The van der Waals surface area contributed by atoms with Crippen molar-refractivity contribution in [2.75, 3.05) is 4.90 Å². The van der Waals surface area contributed by atoms with E-state index in [9.17, 15) is 0 Å². The first-order valence-corrected chi connectivity index (χ1v) is 23.2. The van der Waals surface area contributed by atoms with Gasteiger partial charge < -0.3 is 9.32 Å². The molecule has 0 unspecified atom stereocenters. The van der Waals surface area contributed by atoms with Crippen LogP contribution in [0.25, 0.3) is 88.3 Å². The van der Waals surface area contributed by atoms with Gasteiger partial charge in [-0.3, -0.25) is 0 Å². The van der Waals surface area contributed by atoms with Crippen molar-refractivity contribution in [3.8, 4) is 55.6 Å². The van der Waals surface area contributed by atoms with Gasteiger partial charge in [-0.1, -0.05) is 198 Å². The van der Waals surface area contributed by atoms with E-state index in [4.69, 9.17) is 4.42 Å². The van der Waals surface area contributed by atoms with Crippen LogP contribution in [0.4, 0.5) is 17.1 Å². The third-order valence-corrected chi connectivity index (χ3v) is 14.9. The van der Waals surface area contributed by atoms with Crippen molar-refractivity contribution in [2.24, 2.45) is 0 Å². The molecule has 0 saturated carbocycles. The molecule has 66 heavy (non-hydrogen) atoms. The summed E-state index contributed by atoms with van der Waals surface area (Å²) in [4.78, 5) is 2.42. The van der Waals surface area contributed by atoms with E-state index in [0.29, 0.717) is 0 Å². The first kappa shape index (κ1) is 38.5. The molecule has 0 bridgehead atoms. The highest BCUT2D eigenvalue weighted by Crippen LogP contribution is 2.58. The van der Waals surface area contributed by atoms with E-state index < -0.39 is 0 Å². The van der Waals surface area contributed by atoms with Gasteiger partial charge in [0.1, 0.15) is 11.2 Å². The molecule has 10 aromatic carbocycles. The fourth-order valence-electron chi connectivity index (χ4n) is 11.8. The van der Waals surface area contributed by atoms with E-state index in [-0.39, 0.29) is 10.8 Å². The van der Waals surface area contributed by atoms with Crippen LogP contribution in [0, 0.1) is 0 Å². The molecule has 2 aliphatic rings. The lowest BCUT2D eigenvalue weighted by Crippen LogP contribution is -2.16. The molecular formula is C64H47NO. The number of nitrogens with zero attached hydrogens (tertiary/aromatic N) is 1. The topological polar surface area (TPSA) is 16.4 Å². The molecule has 2 aliphatic carbocycles. The maximum Gasteiger partial charge on any atom is 0.143 e. The third kappa shape index (κ3) is 5.55. The lowest BCUT2D eigenvalue weighted by Gasteiger charge is -2.29. The minimum absolute atomic E-state index is 0.137. The SMILES string of the molecule is CC1(C)c2ccccc2-c2ccc(N(c3ccc(-c4c(-c5ccccc5)c5c(c6ccccc46)C(C)(C)c4ccccc4-5)cc3)c3ccc(-c4cccc5c4oc4ccccc45)cc3)cc21. The van der Waals surface area contributed by atoms with Crippen LogP contribution >= 0.6 is 0 Å². The van der Waals surface area contributed by atoms with Crippen molar-refractivity contribution in [3.63, 3.8) is 0 Å². The average Bonchev–Trinajstić information content (AvgIpc) is 3.94. The fraction of sp³-hybridized carbons (Fsp3) is 0.0938. The van der Waals surface area contributed by atoms with Crippen LogP contribution in [0.1, 0.15) is 49.9 Å². The maximum atomic E-state index is 6.50. The van der Waals surface area contributed by atoms with E-state index in [1.807, 2.05) is 6.07 Å². The quantitative estimate of drug-likeness (QED) is 0.166. The van der Waals surface area contributed by atoms with E-state index in [1.54, 1.807) is 0 Å². The molecule has 2 nitrogen and oxygen atoms in total. The van der Waals surface area contributed by atoms with Crippen molar-refractivity contribution in [1.82, 2.24) is 0 Å². The number of hydrogen-bond acceptors (Lipinski definition) is 2. The minimum Gasteiger partial charge on any atom is -0.455 e. The molecule has 1 heterocycles. The molecule has 0 saturated heterocycles. The van der Waals surface area contributed by atoms with Crippen LogP contribution in [-0.2, 0) is 10.8 Å². The molecule has 0 fully saturated rings. The first-order chi connectivity index (χ1) is 32.3. The fourth-order valence-corrected chi connectivity index (χ4v) is 11.8. The molecule has 2 heteroatoms. The highest BCUT2D eigenvalue weighted by Gasteiger charge is 2.40. The van der Waals surface area contributed by atoms with Crippen LogP contribution in [0.15, 0.2) is 217 Å². The second kappa shape index (κ2) is 14.3. The summed E-state index contributed by atoms with van der Waals surface area (Å²) >= 11 is 0. The average molecular weight is 846 g/mol. The predicted octanol–water partition coefficient (Wildman–Crippen LogP) is 17.8. The highest BCUT2D eigenvalue weighted by molar-refractivity contribution is 6.15. The lowest BCUT2D eigenvalue weighted by molar-refractivity contribution is 0.660. The van der Waals surface area contributed by atoms with Gasteiger partial charge >= 0.3 is 0 Å². The van der Waals surface area contributed by atoms with Gasteiger partial charge in [-0.15, -0.1) is 0 Å². The zero-order valence-electron chi connectivity index (χ0n) is 37.6. The molecule has 0 radical (unpaired) electrons. The Morgan fingerprint density at radius 1 is 0.333 bits per heavy atom. The first-order valence-electron chi connectivity index (χ1n) is 23.2. The van der Waals surface area contributed by atoms with E-state index >= 15 is 0 Å². The van der Waals surface area contributed by atoms with Gasteiger partial charge in [0, 0.05) is 44.2 Å². The zero-order valence-corrected chi connectivity index (χ0v) is 37.6. The summed E-state index contributed by atoms with van der Waals surface area (Å²) in [7, 11) is 0. The summed E-state index contributed by atoms with van der Waals surface area (Å²) in [6.07, 6.45) is 0. The summed E-state index contributed by atoms with van der Waals surface area (Å²) < 4.78 is 6.50. The third-order valence-electron chi connectivity index (χ3n) is 14.9. The van der Waals surface area contributed by atoms with Gasteiger partial charge in [-0.05, 0) is 126 Å². The number of anilines is 3. The van der Waals surface area contributed by atoms with Crippen molar-refractivity contribution in [2.45, 2.75) is 38.5 Å². The Bertz CT molecular complexity index is 3740. The van der Waals surface area contributed by atoms with Crippen LogP contribution in [0.2, 0.25) is 0 Å². The number of furan rings is 1. The highest BCUT2D eigenvalue weighted by atomic mass is 16.3. The predicted molar refractivity (Wildman–Crippen MR) is 277 cm³/mol. The zero-order chi connectivity index (χ0) is 44.3. The summed E-state index contributed by atoms with van der Waals surface area (Å²) in [6.45, 7) is 9.51. The van der Waals surface area contributed by atoms with E-state index in [1.165, 1.54) is 77.5 Å². The van der Waals surface area contributed by atoms with Crippen molar-refractivity contribution >= 4 is 49.8 Å². The number of para-hydroxylation sites is 2. The molecule has 0 atom stereocenters. The number of fused-ring (bicyclic) bond motifs is 11. The molecule has 0 N–H and O–H groups in total. The molecule has 314 valence electrons. The smallest absolute Gasteiger partial charge is 0.143 e. The molecule has 0 aliphatic heterocycles. The van der Waals surface area contributed by atoms with Crippen LogP contribution in [0.5, 0.6) is 0 Å². The van der Waals surface area contributed by atoms with Gasteiger partial charge in [0.25, 0.3) is 0 Å². The van der Waals surface area contributed by atoms with Crippen LogP contribution in [0.3, 0.4) is 0 Å². The molecule has 11 aromatic rings. The van der Waals surface area contributed by atoms with Crippen LogP contribution in [-0.4, -0.2) is 0 Å². The van der Waals surface area contributed by atoms with E-state index in [0.717, 1.165) is 50.1 Å². The Kier molecular flexibility index (Phi) is 8.33. The summed E-state index contributed by atoms with van der Waals surface area (Å²) in [5, 5.41) is 4.86. The number of rotatable bonds is 6. The second-order valence-electron chi connectivity index (χ2n) is 19.2.